The molecule has 0 saturated heterocycles. The smallest absolute Gasteiger partial charge is 0.255 e. The maximum absolute atomic E-state index is 13.1. The Labute approximate surface area is 142 Å². The van der Waals surface area contributed by atoms with Gasteiger partial charge in [-0.1, -0.05) is 36.8 Å². The van der Waals surface area contributed by atoms with E-state index >= 15 is 0 Å². The molecule has 2 saturated carbocycles. The average molecular weight is 324 g/mol. The summed E-state index contributed by atoms with van der Waals surface area (Å²) in [4.78, 5) is 25.6. The van der Waals surface area contributed by atoms with Crippen molar-refractivity contribution >= 4 is 17.4 Å². The Hall–Kier alpha value is -1.97. The molecule has 2 bridgehead atoms. The van der Waals surface area contributed by atoms with Gasteiger partial charge in [0.15, 0.2) is 5.78 Å². The van der Waals surface area contributed by atoms with E-state index < -0.39 is 5.41 Å². The zero-order valence-electron chi connectivity index (χ0n) is 14.4. The Morgan fingerprint density at radius 3 is 2.62 bits per heavy atom. The molecular formula is C20H24N2O2. The van der Waals surface area contributed by atoms with Crippen molar-refractivity contribution in [1.82, 2.24) is 5.01 Å². The maximum atomic E-state index is 13.1. The van der Waals surface area contributed by atoms with E-state index in [0.717, 1.165) is 18.1 Å². The minimum absolute atomic E-state index is 0.0156. The van der Waals surface area contributed by atoms with E-state index in [2.05, 4.69) is 5.10 Å². The number of rotatable bonds is 4. The van der Waals surface area contributed by atoms with E-state index in [4.69, 9.17) is 0 Å². The average Bonchev–Trinajstić information content (AvgIpc) is 3.28. The van der Waals surface area contributed by atoms with Crippen LogP contribution in [0.2, 0.25) is 0 Å². The molecule has 24 heavy (non-hydrogen) atoms. The summed E-state index contributed by atoms with van der Waals surface area (Å²) in [5, 5.41) is 5.91. The molecule has 4 rings (SSSR count). The van der Waals surface area contributed by atoms with Gasteiger partial charge in [-0.2, -0.15) is 5.10 Å². The molecular weight excluding hydrogens is 300 g/mol. The Morgan fingerprint density at radius 2 is 2.00 bits per heavy atom. The van der Waals surface area contributed by atoms with Crippen LogP contribution in [0.3, 0.4) is 0 Å². The van der Waals surface area contributed by atoms with Gasteiger partial charge in [0.25, 0.3) is 5.91 Å². The van der Waals surface area contributed by atoms with Crippen molar-refractivity contribution in [3.05, 3.63) is 35.9 Å². The van der Waals surface area contributed by atoms with Gasteiger partial charge in [-0.05, 0) is 50.9 Å². The second kappa shape index (κ2) is 5.54. The lowest BCUT2D eigenvalue weighted by atomic mass is 9.66. The predicted octanol–water partition coefficient (Wildman–Crippen LogP) is 3.53. The third-order valence-corrected chi connectivity index (χ3v) is 6.57. The molecule has 126 valence electrons. The van der Waals surface area contributed by atoms with Gasteiger partial charge in [-0.15, -0.1) is 0 Å². The fraction of sp³-hybridized carbons (Fsp3) is 0.550. The van der Waals surface area contributed by atoms with Crippen LogP contribution in [-0.4, -0.2) is 29.0 Å². The first-order valence-corrected chi connectivity index (χ1v) is 8.96. The summed E-state index contributed by atoms with van der Waals surface area (Å²) in [6.45, 7) is 4.04. The summed E-state index contributed by atoms with van der Waals surface area (Å²) in [5.74, 6) is 1.79. The molecule has 1 aliphatic heterocycles. The van der Waals surface area contributed by atoms with Gasteiger partial charge in [0.05, 0.1) is 11.1 Å². The van der Waals surface area contributed by atoms with E-state index in [9.17, 15) is 9.59 Å². The molecule has 2 fully saturated rings. The van der Waals surface area contributed by atoms with Crippen LogP contribution in [0.25, 0.3) is 0 Å². The molecule has 0 N–H and O–H groups in total. The lowest BCUT2D eigenvalue weighted by molar-refractivity contribution is -0.138. The second-order valence-electron chi connectivity index (χ2n) is 7.82. The Balaban J connectivity index is 1.53. The number of ketones is 1. The van der Waals surface area contributed by atoms with E-state index in [1.165, 1.54) is 24.3 Å². The van der Waals surface area contributed by atoms with Gasteiger partial charge in [-0.3, -0.25) is 9.59 Å². The standard InChI is InChI=1S/C20H24N2O2/c1-13-20(2,17-11-14-8-9-16(17)10-14)19(24)22(21-13)12-18(23)15-6-4-3-5-7-15/h3-7,14,16-17H,8-12H2,1-2H3. The van der Waals surface area contributed by atoms with Crippen LogP contribution in [-0.2, 0) is 4.79 Å². The first-order valence-electron chi connectivity index (χ1n) is 8.96. The first kappa shape index (κ1) is 15.6. The number of hydrogen-bond acceptors (Lipinski definition) is 3. The van der Waals surface area contributed by atoms with E-state index in [-0.39, 0.29) is 18.2 Å². The van der Waals surface area contributed by atoms with Crippen LogP contribution in [0.15, 0.2) is 35.4 Å². The van der Waals surface area contributed by atoms with Gasteiger partial charge in [0, 0.05) is 5.56 Å². The number of amides is 1. The normalized spacial score (nSPS) is 34.8. The molecule has 4 unspecified atom stereocenters. The minimum atomic E-state index is -0.517. The topological polar surface area (TPSA) is 49.7 Å². The van der Waals surface area contributed by atoms with Gasteiger partial charge in [0.2, 0.25) is 0 Å². The third kappa shape index (κ3) is 2.23. The molecule has 4 heteroatoms. The van der Waals surface area contributed by atoms with Crippen LogP contribution in [0.4, 0.5) is 0 Å². The summed E-state index contributed by atoms with van der Waals surface area (Å²) in [6.07, 6.45) is 4.97. The van der Waals surface area contributed by atoms with Crippen molar-refractivity contribution in [3.63, 3.8) is 0 Å². The lowest BCUT2D eigenvalue weighted by Crippen LogP contribution is -2.45. The summed E-state index contributed by atoms with van der Waals surface area (Å²) in [6, 6.07) is 9.13. The van der Waals surface area contributed by atoms with Crippen LogP contribution >= 0.6 is 0 Å². The van der Waals surface area contributed by atoms with Crippen LogP contribution < -0.4 is 0 Å². The largest absolute Gasteiger partial charge is 0.292 e. The molecule has 1 amide bonds. The van der Waals surface area contributed by atoms with Gasteiger partial charge in [0.1, 0.15) is 6.54 Å². The fourth-order valence-corrected chi connectivity index (χ4v) is 5.09. The van der Waals surface area contributed by atoms with Crippen molar-refractivity contribution in [2.45, 2.75) is 39.5 Å². The highest BCUT2D eigenvalue weighted by Crippen LogP contribution is 2.56. The fourth-order valence-electron chi connectivity index (χ4n) is 5.09. The number of carbonyl (C=O) groups is 2. The number of benzene rings is 1. The molecule has 4 atom stereocenters. The molecule has 2 aliphatic carbocycles. The van der Waals surface area contributed by atoms with E-state index in [0.29, 0.717) is 17.4 Å². The highest BCUT2D eigenvalue weighted by molar-refractivity contribution is 6.12. The summed E-state index contributed by atoms with van der Waals surface area (Å²) in [5.41, 5.74) is 0.995. The number of hydrogen-bond donors (Lipinski definition) is 0. The number of hydrazone groups is 1. The Kier molecular flexibility index (Phi) is 3.59. The zero-order valence-corrected chi connectivity index (χ0v) is 14.4. The Morgan fingerprint density at radius 1 is 1.25 bits per heavy atom. The Bertz CT molecular complexity index is 712. The van der Waals surface area contributed by atoms with Crippen LogP contribution in [0.5, 0.6) is 0 Å². The van der Waals surface area contributed by atoms with Crippen LogP contribution in [0, 0.1) is 23.2 Å². The second-order valence-corrected chi connectivity index (χ2v) is 7.82. The zero-order chi connectivity index (χ0) is 16.9. The predicted molar refractivity (Wildman–Crippen MR) is 92.6 cm³/mol. The number of carbonyl (C=O) groups excluding carboxylic acids is 2. The maximum Gasteiger partial charge on any atom is 0.255 e. The third-order valence-electron chi connectivity index (χ3n) is 6.57. The highest BCUT2D eigenvalue weighted by Gasteiger charge is 2.57. The van der Waals surface area contributed by atoms with Gasteiger partial charge in [-0.25, -0.2) is 5.01 Å². The molecule has 1 aromatic carbocycles. The van der Waals surface area contributed by atoms with Crippen molar-refractivity contribution in [2.24, 2.45) is 28.3 Å². The summed E-state index contributed by atoms with van der Waals surface area (Å²) < 4.78 is 0. The quantitative estimate of drug-likeness (QED) is 0.796. The molecule has 0 radical (unpaired) electrons. The van der Waals surface area contributed by atoms with Gasteiger partial charge < -0.3 is 0 Å². The van der Waals surface area contributed by atoms with Crippen LogP contribution in [0.1, 0.15) is 49.9 Å². The highest BCUT2D eigenvalue weighted by atomic mass is 16.2. The van der Waals surface area contributed by atoms with Gasteiger partial charge >= 0.3 is 0 Å². The summed E-state index contributed by atoms with van der Waals surface area (Å²) in [7, 11) is 0. The SMILES string of the molecule is CC1=NN(CC(=O)c2ccccc2)C(=O)C1(C)C1CC2CCC1C2. The van der Waals surface area contributed by atoms with Crippen molar-refractivity contribution < 1.29 is 9.59 Å². The number of nitrogens with zero attached hydrogens (tertiary/aromatic N) is 2. The van der Waals surface area contributed by atoms with Crippen molar-refractivity contribution in [3.8, 4) is 0 Å². The molecule has 4 nitrogen and oxygen atoms in total. The molecule has 1 heterocycles. The van der Waals surface area contributed by atoms with Crippen molar-refractivity contribution in [2.75, 3.05) is 6.54 Å². The number of Topliss-reactive ketones (excluding diaryl/α,β-unsaturated/α-hetero) is 1. The first-order chi connectivity index (χ1) is 11.5. The van der Waals surface area contributed by atoms with Crippen molar-refractivity contribution in [1.29, 1.82) is 0 Å². The molecule has 0 spiro atoms. The minimum Gasteiger partial charge on any atom is -0.292 e. The molecule has 1 aromatic rings. The summed E-state index contributed by atoms with van der Waals surface area (Å²) >= 11 is 0. The van der Waals surface area contributed by atoms with E-state index in [1.54, 1.807) is 12.1 Å². The monoisotopic (exact) mass is 324 g/mol. The lowest BCUT2D eigenvalue weighted by Gasteiger charge is -2.35. The number of fused-ring (bicyclic) bond motifs is 2. The molecule has 0 aromatic heterocycles. The molecule has 3 aliphatic rings. The van der Waals surface area contributed by atoms with E-state index in [1.807, 2.05) is 32.0 Å².